The van der Waals surface area contributed by atoms with Crippen LogP contribution < -0.4 is 5.43 Å². The number of nitrogens with zero attached hydrogens (tertiary/aromatic N) is 2. The van der Waals surface area contributed by atoms with E-state index >= 15 is 0 Å². The summed E-state index contributed by atoms with van der Waals surface area (Å²) in [6.45, 7) is 4.60. The first-order valence-corrected chi connectivity index (χ1v) is 11.4. The van der Waals surface area contributed by atoms with E-state index in [0.29, 0.717) is 33.1 Å². The first kappa shape index (κ1) is 21.5. The van der Waals surface area contributed by atoms with Crippen molar-refractivity contribution in [1.29, 1.82) is 0 Å². The molecule has 32 heavy (non-hydrogen) atoms. The summed E-state index contributed by atoms with van der Waals surface area (Å²) in [5.41, 5.74) is 1.31. The molecule has 1 atom stereocenters. The Morgan fingerprint density at radius 1 is 0.938 bits per heavy atom. The number of benzene rings is 2. The zero-order valence-corrected chi connectivity index (χ0v) is 18.9. The van der Waals surface area contributed by atoms with E-state index in [9.17, 15) is 9.59 Å². The minimum absolute atomic E-state index is 0.108. The van der Waals surface area contributed by atoms with Crippen molar-refractivity contribution in [1.82, 2.24) is 9.80 Å². The van der Waals surface area contributed by atoms with Crippen molar-refractivity contribution in [2.75, 3.05) is 39.4 Å². The number of rotatable bonds is 5. The monoisotopic (exact) mass is 472 g/mol. The maximum absolute atomic E-state index is 13.5. The lowest BCUT2D eigenvalue weighted by Crippen LogP contribution is -2.38. The Morgan fingerprint density at radius 3 is 2.41 bits per heavy atom. The van der Waals surface area contributed by atoms with Gasteiger partial charge in [-0.1, -0.05) is 35.3 Å². The fourth-order valence-corrected chi connectivity index (χ4v) is 4.80. The van der Waals surface area contributed by atoms with Gasteiger partial charge in [0.2, 0.25) is 5.76 Å². The summed E-state index contributed by atoms with van der Waals surface area (Å²) < 4.78 is 11.4. The first-order chi connectivity index (χ1) is 15.5. The van der Waals surface area contributed by atoms with Crippen LogP contribution >= 0.6 is 23.2 Å². The van der Waals surface area contributed by atoms with Gasteiger partial charge in [-0.2, -0.15) is 0 Å². The van der Waals surface area contributed by atoms with Crippen LogP contribution in [0.25, 0.3) is 11.0 Å². The molecule has 5 rings (SSSR count). The highest BCUT2D eigenvalue weighted by Crippen LogP contribution is 2.38. The molecule has 0 spiro atoms. The Morgan fingerprint density at radius 2 is 1.66 bits per heavy atom. The molecule has 3 aromatic rings. The van der Waals surface area contributed by atoms with Crippen LogP contribution in [0.5, 0.6) is 0 Å². The highest BCUT2D eigenvalue weighted by Gasteiger charge is 2.42. The highest BCUT2D eigenvalue weighted by molar-refractivity contribution is 6.31. The Balaban J connectivity index is 1.53. The van der Waals surface area contributed by atoms with Crippen LogP contribution in [0.1, 0.15) is 34.1 Å². The second-order valence-electron chi connectivity index (χ2n) is 8.07. The van der Waals surface area contributed by atoms with Crippen LogP contribution in [0.4, 0.5) is 0 Å². The van der Waals surface area contributed by atoms with Crippen molar-refractivity contribution < 1.29 is 13.9 Å². The minimum atomic E-state index is -0.529. The average Bonchev–Trinajstić information content (AvgIpc) is 3.08. The molecule has 2 aliphatic heterocycles. The van der Waals surface area contributed by atoms with Crippen LogP contribution in [0.2, 0.25) is 10.0 Å². The molecule has 0 unspecified atom stereocenters. The van der Waals surface area contributed by atoms with Crippen molar-refractivity contribution in [2.24, 2.45) is 0 Å². The number of hydrogen-bond acceptors (Lipinski definition) is 5. The lowest BCUT2D eigenvalue weighted by molar-refractivity contribution is 0.0353. The summed E-state index contributed by atoms with van der Waals surface area (Å²) >= 11 is 12.2. The van der Waals surface area contributed by atoms with Gasteiger partial charge < -0.3 is 14.1 Å². The molecule has 3 heterocycles. The number of amides is 1. The molecule has 0 radical (unpaired) electrons. The molecule has 2 aromatic carbocycles. The van der Waals surface area contributed by atoms with Gasteiger partial charge in [0.1, 0.15) is 5.58 Å². The van der Waals surface area contributed by atoms with E-state index in [2.05, 4.69) is 4.90 Å². The maximum atomic E-state index is 13.5. The SMILES string of the molecule is O=C1c2oc3ccc(Cl)cc3c(=O)c2[C@H](c2ccc(Cl)cc2)N1CCCN1CCOCC1. The van der Waals surface area contributed by atoms with Crippen molar-refractivity contribution in [3.05, 3.63) is 79.6 Å². The molecular weight excluding hydrogens is 451 g/mol. The second kappa shape index (κ2) is 8.87. The topological polar surface area (TPSA) is 63.0 Å². The smallest absolute Gasteiger partial charge is 0.290 e. The molecule has 2 aliphatic rings. The number of morpholine rings is 1. The van der Waals surface area contributed by atoms with Crippen LogP contribution in [-0.4, -0.2) is 55.1 Å². The Kier molecular flexibility index (Phi) is 5.95. The summed E-state index contributed by atoms with van der Waals surface area (Å²) in [6, 6.07) is 11.6. The molecule has 1 fully saturated rings. The summed E-state index contributed by atoms with van der Waals surface area (Å²) in [4.78, 5) is 31.0. The summed E-state index contributed by atoms with van der Waals surface area (Å²) in [5, 5.41) is 1.41. The third kappa shape index (κ3) is 3.92. The molecule has 6 nitrogen and oxygen atoms in total. The number of halogens is 2. The van der Waals surface area contributed by atoms with E-state index in [0.717, 1.165) is 44.8 Å². The molecule has 0 N–H and O–H groups in total. The van der Waals surface area contributed by atoms with Crippen LogP contribution in [-0.2, 0) is 4.74 Å². The van der Waals surface area contributed by atoms with Crippen molar-refractivity contribution in [3.8, 4) is 0 Å². The summed E-state index contributed by atoms with van der Waals surface area (Å²) in [7, 11) is 0. The van der Waals surface area contributed by atoms with E-state index < -0.39 is 6.04 Å². The van der Waals surface area contributed by atoms with Crippen molar-refractivity contribution in [2.45, 2.75) is 12.5 Å². The van der Waals surface area contributed by atoms with E-state index in [1.807, 2.05) is 12.1 Å². The predicted molar refractivity (Wildman–Crippen MR) is 124 cm³/mol. The summed E-state index contributed by atoms with van der Waals surface area (Å²) in [6.07, 6.45) is 0.781. The molecule has 0 aliphatic carbocycles. The maximum Gasteiger partial charge on any atom is 0.290 e. The van der Waals surface area contributed by atoms with Crippen LogP contribution in [0, 0.1) is 0 Å². The fourth-order valence-electron chi connectivity index (χ4n) is 4.50. The molecule has 1 aromatic heterocycles. The van der Waals surface area contributed by atoms with E-state index in [1.165, 1.54) is 0 Å². The van der Waals surface area contributed by atoms with Crippen molar-refractivity contribution in [3.63, 3.8) is 0 Å². The van der Waals surface area contributed by atoms with Crippen LogP contribution in [0.15, 0.2) is 51.7 Å². The van der Waals surface area contributed by atoms with Gasteiger partial charge in [0.25, 0.3) is 5.91 Å². The number of hydrogen-bond donors (Lipinski definition) is 0. The number of fused-ring (bicyclic) bond motifs is 2. The van der Waals surface area contributed by atoms with Gasteiger partial charge in [0.15, 0.2) is 5.43 Å². The Labute approximate surface area is 195 Å². The minimum Gasteiger partial charge on any atom is -0.450 e. The second-order valence-corrected chi connectivity index (χ2v) is 8.95. The first-order valence-electron chi connectivity index (χ1n) is 10.7. The van der Waals surface area contributed by atoms with Gasteiger partial charge in [-0.25, -0.2) is 0 Å². The Hall–Kier alpha value is -2.38. The highest BCUT2D eigenvalue weighted by atomic mass is 35.5. The standard InChI is InChI=1S/C24H22Cl2N2O4/c25-16-4-2-15(3-5-16)21-20-22(29)18-14-17(26)6-7-19(18)32-23(20)24(30)28(21)9-1-8-27-10-12-31-13-11-27/h2-7,14,21H,1,8-13H2/t21-/m0/s1. The molecule has 1 saturated heterocycles. The molecule has 166 valence electrons. The van der Waals surface area contributed by atoms with Gasteiger partial charge in [-0.3, -0.25) is 14.5 Å². The average molecular weight is 473 g/mol. The molecular formula is C24H22Cl2N2O4. The molecule has 1 amide bonds. The number of ether oxygens (including phenoxy) is 1. The van der Waals surface area contributed by atoms with E-state index in [4.69, 9.17) is 32.4 Å². The third-order valence-electron chi connectivity index (χ3n) is 6.09. The zero-order chi connectivity index (χ0) is 22.2. The normalized spacial score (nSPS) is 19.0. The Bertz CT molecular complexity index is 1220. The largest absolute Gasteiger partial charge is 0.450 e. The third-order valence-corrected chi connectivity index (χ3v) is 6.58. The number of carbonyl (C=O) groups excluding carboxylic acids is 1. The molecule has 0 saturated carbocycles. The molecule has 8 heteroatoms. The van der Waals surface area contributed by atoms with E-state index in [-0.39, 0.29) is 17.1 Å². The van der Waals surface area contributed by atoms with Crippen LogP contribution in [0.3, 0.4) is 0 Å². The van der Waals surface area contributed by atoms with Gasteiger partial charge in [-0.15, -0.1) is 0 Å². The summed E-state index contributed by atoms with van der Waals surface area (Å²) in [5.74, 6) is -0.160. The van der Waals surface area contributed by atoms with Gasteiger partial charge in [-0.05, 0) is 42.3 Å². The zero-order valence-electron chi connectivity index (χ0n) is 17.4. The fraction of sp³-hybridized carbons (Fsp3) is 0.333. The lowest BCUT2D eigenvalue weighted by atomic mass is 9.98. The lowest BCUT2D eigenvalue weighted by Gasteiger charge is -2.29. The van der Waals surface area contributed by atoms with Crippen molar-refractivity contribution >= 4 is 40.1 Å². The van der Waals surface area contributed by atoms with E-state index in [1.54, 1.807) is 35.2 Å². The van der Waals surface area contributed by atoms with Gasteiger partial charge in [0.05, 0.1) is 30.2 Å². The van der Waals surface area contributed by atoms with Gasteiger partial charge in [0, 0.05) is 36.2 Å². The van der Waals surface area contributed by atoms with Gasteiger partial charge >= 0.3 is 0 Å². The predicted octanol–water partition coefficient (Wildman–Crippen LogP) is 4.37. The molecule has 0 bridgehead atoms. The quantitative estimate of drug-likeness (QED) is 0.551. The number of carbonyl (C=O) groups is 1.